The molecule has 114 valence electrons. The van der Waals surface area contributed by atoms with Crippen LogP contribution in [-0.4, -0.2) is 7.11 Å². The predicted octanol–water partition coefficient (Wildman–Crippen LogP) is 6.19. The molecule has 0 aliphatic rings. The summed E-state index contributed by atoms with van der Waals surface area (Å²) in [6.07, 6.45) is 4.07. The van der Waals surface area contributed by atoms with Gasteiger partial charge in [0.15, 0.2) is 0 Å². The van der Waals surface area contributed by atoms with E-state index in [9.17, 15) is 0 Å². The van der Waals surface area contributed by atoms with Gasteiger partial charge < -0.3 is 4.74 Å². The van der Waals surface area contributed by atoms with E-state index in [1.54, 1.807) is 19.2 Å². The lowest BCUT2D eigenvalue weighted by molar-refractivity contribution is 0.276. The summed E-state index contributed by atoms with van der Waals surface area (Å²) >= 11 is 18.0. The van der Waals surface area contributed by atoms with E-state index in [0.717, 1.165) is 42.6 Å². The van der Waals surface area contributed by atoms with Crippen molar-refractivity contribution >= 4 is 34.8 Å². The molecule has 0 atom stereocenters. The second-order valence-corrected chi connectivity index (χ2v) is 5.86. The van der Waals surface area contributed by atoms with Crippen LogP contribution in [0.1, 0.15) is 38.2 Å². The number of benzene rings is 1. The minimum Gasteiger partial charge on any atom is -0.500 e. The van der Waals surface area contributed by atoms with Crippen LogP contribution in [0.5, 0.6) is 0 Å². The van der Waals surface area contributed by atoms with Gasteiger partial charge in [0.2, 0.25) is 0 Å². The lowest BCUT2D eigenvalue weighted by Crippen LogP contribution is -1.94. The minimum atomic E-state index is 0.466. The van der Waals surface area contributed by atoms with Crippen molar-refractivity contribution in [3.63, 3.8) is 0 Å². The van der Waals surface area contributed by atoms with Crippen LogP contribution in [0.25, 0.3) is 0 Å². The zero-order chi connectivity index (χ0) is 15.8. The predicted molar refractivity (Wildman–Crippen MR) is 89.0 cm³/mol. The number of allylic oxidation sites excluding steroid dienone is 2. The summed E-state index contributed by atoms with van der Waals surface area (Å²) in [6.45, 7) is 1.98. The minimum absolute atomic E-state index is 0.466. The maximum atomic E-state index is 9.14. The molecule has 0 spiro atoms. The molecule has 0 fully saturated rings. The number of hydrogen-bond donors (Lipinski definition) is 0. The lowest BCUT2D eigenvalue weighted by Gasteiger charge is -2.08. The number of rotatable bonds is 7. The Bertz CT molecular complexity index is 555. The van der Waals surface area contributed by atoms with E-state index >= 15 is 0 Å². The largest absolute Gasteiger partial charge is 0.500 e. The Balaban J connectivity index is 2.57. The third kappa shape index (κ3) is 5.43. The van der Waals surface area contributed by atoms with Crippen LogP contribution in [0.2, 0.25) is 15.1 Å². The molecule has 2 nitrogen and oxygen atoms in total. The monoisotopic (exact) mass is 345 g/mol. The Morgan fingerprint density at radius 1 is 1.14 bits per heavy atom. The summed E-state index contributed by atoms with van der Waals surface area (Å²) in [4.78, 5) is 0. The van der Waals surface area contributed by atoms with Gasteiger partial charge in [-0.3, -0.25) is 0 Å². The van der Waals surface area contributed by atoms with E-state index in [4.69, 9.17) is 44.8 Å². The molecule has 0 aliphatic carbocycles. The third-order valence-electron chi connectivity index (χ3n) is 3.25. The molecule has 0 aromatic heterocycles. The summed E-state index contributed by atoms with van der Waals surface area (Å²) in [7, 11) is 1.60. The van der Waals surface area contributed by atoms with E-state index in [0.29, 0.717) is 21.5 Å². The average Bonchev–Trinajstić information content (AvgIpc) is 2.47. The smallest absolute Gasteiger partial charge is 0.109 e. The summed E-state index contributed by atoms with van der Waals surface area (Å²) in [5, 5.41) is 10.8. The first-order valence-corrected chi connectivity index (χ1v) is 7.96. The number of aryl methyl sites for hydroxylation is 1. The van der Waals surface area contributed by atoms with Crippen LogP contribution in [-0.2, 0) is 11.2 Å². The highest BCUT2D eigenvalue weighted by molar-refractivity contribution is 6.43. The standard InChI is InChI=1S/C16H18Cl3NO/c1-3-16(21-2)12(10-20)7-5-4-6-11-8-14(18)15(19)9-13(11)17/h8-9H,3-7H2,1-2H3/b16-12+. The Hall–Kier alpha value is -0.880. The van der Waals surface area contributed by atoms with Crippen molar-refractivity contribution in [2.24, 2.45) is 0 Å². The van der Waals surface area contributed by atoms with Gasteiger partial charge in [0.05, 0.1) is 28.8 Å². The van der Waals surface area contributed by atoms with E-state index < -0.39 is 0 Å². The van der Waals surface area contributed by atoms with E-state index in [1.165, 1.54) is 0 Å². The molecule has 21 heavy (non-hydrogen) atoms. The second-order valence-electron chi connectivity index (χ2n) is 4.64. The first kappa shape index (κ1) is 18.2. The Kier molecular flexibility index (Phi) is 7.96. The van der Waals surface area contributed by atoms with Crippen LogP contribution in [0.3, 0.4) is 0 Å². The van der Waals surface area contributed by atoms with Gasteiger partial charge in [-0.1, -0.05) is 41.7 Å². The zero-order valence-corrected chi connectivity index (χ0v) is 14.4. The Morgan fingerprint density at radius 3 is 2.38 bits per heavy atom. The van der Waals surface area contributed by atoms with Gasteiger partial charge in [0.25, 0.3) is 0 Å². The molecular weight excluding hydrogens is 329 g/mol. The van der Waals surface area contributed by atoms with E-state index in [2.05, 4.69) is 6.07 Å². The highest BCUT2D eigenvalue weighted by Gasteiger charge is 2.08. The van der Waals surface area contributed by atoms with E-state index in [1.807, 2.05) is 6.92 Å². The highest BCUT2D eigenvalue weighted by Crippen LogP contribution is 2.30. The van der Waals surface area contributed by atoms with Crippen molar-refractivity contribution in [3.8, 4) is 6.07 Å². The molecule has 5 heteroatoms. The summed E-state index contributed by atoms with van der Waals surface area (Å²) < 4.78 is 5.22. The van der Waals surface area contributed by atoms with Gasteiger partial charge in [-0.2, -0.15) is 5.26 Å². The maximum Gasteiger partial charge on any atom is 0.109 e. The molecule has 1 rings (SSSR count). The van der Waals surface area contributed by atoms with Crippen molar-refractivity contribution in [1.82, 2.24) is 0 Å². The van der Waals surface area contributed by atoms with Gasteiger partial charge >= 0.3 is 0 Å². The summed E-state index contributed by atoms with van der Waals surface area (Å²) in [6, 6.07) is 5.69. The molecule has 0 N–H and O–H groups in total. The number of nitriles is 1. The number of halogens is 3. The molecule has 0 saturated carbocycles. The van der Waals surface area contributed by atoms with Crippen molar-refractivity contribution in [2.45, 2.75) is 39.0 Å². The van der Waals surface area contributed by atoms with Gasteiger partial charge in [0, 0.05) is 11.4 Å². The SMILES string of the molecule is CC/C(OC)=C(\C#N)CCCCc1cc(Cl)c(Cl)cc1Cl. The van der Waals surface area contributed by atoms with E-state index in [-0.39, 0.29) is 0 Å². The maximum absolute atomic E-state index is 9.14. The molecule has 0 bridgehead atoms. The summed E-state index contributed by atoms with van der Waals surface area (Å²) in [5.41, 5.74) is 1.70. The molecule has 0 saturated heterocycles. The quantitative estimate of drug-likeness (QED) is 0.255. The van der Waals surface area contributed by atoms with Crippen molar-refractivity contribution < 1.29 is 4.74 Å². The number of methoxy groups -OCH3 is 1. The van der Waals surface area contributed by atoms with Crippen LogP contribution >= 0.6 is 34.8 Å². The van der Waals surface area contributed by atoms with Gasteiger partial charge in [-0.15, -0.1) is 0 Å². The fourth-order valence-electron chi connectivity index (χ4n) is 2.11. The van der Waals surface area contributed by atoms with Crippen LogP contribution in [0.15, 0.2) is 23.5 Å². The highest BCUT2D eigenvalue weighted by atomic mass is 35.5. The van der Waals surface area contributed by atoms with Crippen molar-refractivity contribution in [1.29, 1.82) is 5.26 Å². The normalized spacial score (nSPS) is 11.8. The zero-order valence-electron chi connectivity index (χ0n) is 12.2. The molecular formula is C16H18Cl3NO. The number of ether oxygens (including phenoxy) is 1. The molecule has 0 heterocycles. The fraction of sp³-hybridized carbons (Fsp3) is 0.438. The molecule has 1 aromatic carbocycles. The topological polar surface area (TPSA) is 33.0 Å². The average molecular weight is 347 g/mol. The Labute approximate surface area is 141 Å². The third-order valence-corrected chi connectivity index (χ3v) is 4.33. The molecule has 0 amide bonds. The van der Waals surface area contributed by atoms with Crippen molar-refractivity contribution in [3.05, 3.63) is 44.1 Å². The lowest BCUT2D eigenvalue weighted by atomic mass is 10.0. The van der Waals surface area contributed by atoms with Gasteiger partial charge in [0.1, 0.15) is 5.76 Å². The van der Waals surface area contributed by atoms with Crippen LogP contribution in [0.4, 0.5) is 0 Å². The van der Waals surface area contributed by atoms with Gasteiger partial charge in [-0.25, -0.2) is 0 Å². The first-order valence-electron chi connectivity index (χ1n) is 6.83. The van der Waals surface area contributed by atoms with Gasteiger partial charge in [-0.05, 0) is 43.4 Å². The Morgan fingerprint density at radius 2 is 1.81 bits per heavy atom. The number of hydrogen-bond acceptors (Lipinski definition) is 2. The molecule has 0 radical (unpaired) electrons. The second kappa shape index (κ2) is 9.20. The number of unbranched alkanes of at least 4 members (excludes halogenated alkanes) is 1. The molecule has 1 aromatic rings. The first-order chi connectivity index (χ1) is 10.0. The van der Waals surface area contributed by atoms with Crippen LogP contribution in [0, 0.1) is 11.3 Å². The summed E-state index contributed by atoms with van der Waals surface area (Å²) in [5.74, 6) is 0.769. The number of nitrogens with zero attached hydrogens (tertiary/aromatic N) is 1. The molecule has 0 unspecified atom stereocenters. The van der Waals surface area contributed by atoms with Crippen LogP contribution < -0.4 is 0 Å². The fourth-order valence-corrected chi connectivity index (χ4v) is 2.78. The van der Waals surface area contributed by atoms with Crippen molar-refractivity contribution in [2.75, 3.05) is 7.11 Å². The molecule has 0 aliphatic heterocycles.